The molecule has 0 bridgehead atoms. The van der Waals surface area contributed by atoms with Crippen LogP contribution < -0.4 is 4.74 Å². The van der Waals surface area contributed by atoms with Gasteiger partial charge in [0.15, 0.2) is 0 Å². The molecular weight excluding hydrogens is 362 g/mol. The maximum absolute atomic E-state index is 12.6. The maximum Gasteiger partial charge on any atom is 0.226 e. The molecule has 27 heavy (non-hydrogen) atoms. The predicted octanol–water partition coefficient (Wildman–Crippen LogP) is 3.73. The summed E-state index contributed by atoms with van der Waals surface area (Å²) in [6.07, 6.45) is 2.69. The zero-order chi connectivity index (χ0) is 19.3. The number of nitrogens with zero attached hydrogens (tertiary/aromatic N) is 1. The second-order valence-electron chi connectivity index (χ2n) is 7.33. The van der Waals surface area contributed by atoms with Gasteiger partial charge in [0, 0.05) is 30.1 Å². The normalized spacial score (nSPS) is 16.2. The van der Waals surface area contributed by atoms with Crippen molar-refractivity contribution in [3.63, 3.8) is 0 Å². The number of benzene rings is 2. The van der Waals surface area contributed by atoms with Crippen LogP contribution in [0.3, 0.4) is 0 Å². The van der Waals surface area contributed by atoms with Crippen LogP contribution in [0.5, 0.6) is 5.75 Å². The Labute approximate surface area is 165 Å². The second-order valence-corrected chi connectivity index (χ2v) is 7.74. The van der Waals surface area contributed by atoms with E-state index in [0.717, 1.165) is 41.2 Å². The number of aliphatic hydroxyl groups is 1. The largest absolute Gasteiger partial charge is 0.497 e. The zero-order valence-electron chi connectivity index (χ0n) is 15.7. The maximum atomic E-state index is 12.6. The summed E-state index contributed by atoms with van der Waals surface area (Å²) in [4.78, 5) is 14.6. The van der Waals surface area contributed by atoms with Gasteiger partial charge in [-0.05, 0) is 48.6 Å². The minimum atomic E-state index is -0.206. The van der Waals surface area contributed by atoms with Gasteiger partial charge in [0.25, 0.3) is 0 Å². The number of hydrogen-bond donors (Lipinski definition) is 1. The van der Waals surface area contributed by atoms with Crippen molar-refractivity contribution in [2.45, 2.75) is 25.7 Å². The first kappa shape index (κ1) is 19.7. The van der Waals surface area contributed by atoms with Gasteiger partial charge in [-0.2, -0.15) is 0 Å². The highest BCUT2D eigenvalue weighted by atomic mass is 35.5. The molecule has 0 spiro atoms. The van der Waals surface area contributed by atoms with Crippen LogP contribution >= 0.6 is 11.6 Å². The molecule has 1 aliphatic rings. The molecule has 1 saturated heterocycles. The Hall–Kier alpha value is -2.04. The lowest BCUT2D eigenvalue weighted by atomic mass is 9.74. The van der Waals surface area contributed by atoms with Crippen molar-refractivity contribution in [1.82, 2.24) is 4.90 Å². The van der Waals surface area contributed by atoms with Gasteiger partial charge in [-0.1, -0.05) is 41.9 Å². The highest BCUT2D eigenvalue weighted by molar-refractivity contribution is 6.31. The van der Waals surface area contributed by atoms with Crippen LogP contribution in [0.25, 0.3) is 0 Å². The standard InChI is InChI=1S/C22H26ClNO3/c1-27-19-8-6-17(7-9-19)14-21(26)24-12-10-22(16-25,11-13-24)15-18-4-2-3-5-20(18)23/h2-9,25H,10-16H2,1H3. The van der Waals surface area contributed by atoms with Crippen molar-refractivity contribution in [3.05, 3.63) is 64.7 Å². The molecule has 144 valence electrons. The Morgan fingerprint density at radius 3 is 2.41 bits per heavy atom. The van der Waals surface area contributed by atoms with Gasteiger partial charge < -0.3 is 14.7 Å². The number of likely N-dealkylation sites (tertiary alicyclic amines) is 1. The van der Waals surface area contributed by atoms with Crippen molar-refractivity contribution in [3.8, 4) is 5.75 Å². The highest BCUT2D eigenvalue weighted by Crippen LogP contribution is 2.36. The summed E-state index contributed by atoms with van der Waals surface area (Å²) in [5.74, 6) is 0.918. The molecule has 1 N–H and O–H groups in total. The molecule has 2 aromatic carbocycles. The minimum absolute atomic E-state index is 0.110. The average molecular weight is 388 g/mol. The molecule has 0 atom stereocenters. The van der Waals surface area contributed by atoms with E-state index in [1.54, 1.807) is 7.11 Å². The molecule has 1 fully saturated rings. The summed E-state index contributed by atoms with van der Waals surface area (Å²) < 4.78 is 5.15. The molecule has 1 aliphatic heterocycles. The summed E-state index contributed by atoms with van der Waals surface area (Å²) in [6.45, 7) is 1.44. The van der Waals surface area contributed by atoms with Crippen LogP contribution in [-0.4, -0.2) is 42.7 Å². The Morgan fingerprint density at radius 2 is 1.81 bits per heavy atom. The number of piperidine rings is 1. The Kier molecular flexibility index (Phi) is 6.40. The first-order valence-electron chi connectivity index (χ1n) is 9.30. The Bertz CT molecular complexity index is 767. The molecular formula is C22H26ClNO3. The zero-order valence-corrected chi connectivity index (χ0v) is 16.4. The van der Waals surface area contributed by atoms with Crippen LogP contribution in [0.2, 0.25) is 5.02 Å². The van der Waals surface area contributed by atoms with Crippen LogP contribution in [0.1, 0.15) is 24.0 Å². The molecule has 1 amide bonds. The lowest BCUT2D eigenvalue weighted by Crippen LogP contribution is -2.46. The monoisotopic (exact) mass is 387 g/mol. The number of carbonyl (C=O) groups excluding carboxylic acids is 1. The lowest BCUT2D eigenvalue weighted by Gasteiger charge is -2.41. The molecule has 0 aromatic heterocycles. The quantitative estimate of drug-likeness (QED) is 0.821. The van der Waals surface area contributed by atoms with Crippen LogP contribution in [0, 0.1) is 5.41 Å². The predicted molar refractivity (Wildman–Crippen MR) is 107 cm³/mol. The van der Waals surface area contributed by atoms with Gasteiger partial charge in [0.1, 0.15) is 5.75 Å². The van der Waals surface area contributed by atoms with E-state index in [1.807, 2.05) is 53.4 Å². The van der Waals surface area contributed by atoms with E-state index in [-0.39, 0.29) is 17.9 Å². The fraction of sp³-hybridized carbons (Fsp3) is 0.409. The Morgan fingerprint density at radius 1 is 1.15 bits per heavy atom. The molecule has 0 saturated carbocycles. The van der Waals surface area contributed by atoms with E-state index in [9.17, 15) is 9.90 Å². The Balaban J connectivity index is 1.59. The van der Waals surface area contributed by atoms with Crippen LogP contribution in [0.4, 0.5) is 0 Å². The average Bonchev–Trinajstić information content (AvgIpc) is 2.71. The van der Waals surface area contributed by atoms with E-state index in [0.29, 0.717) is 19.5 Å². The van der Waals surface area contributed by atoms with E-state index >= 15 is 0 Å². The molecule has 4 nitrogen and oxygen atoms in total. The topological polar surface area (TPSA) is 49.8 Å². The van der Waals surface area contributed by atoms with Gasteiger partial charge in [-0.15, -0.1) is 0 Å². The summed E-state index contributed by atoms with van der Waals surface area (Å²) in [6, 6.07) is 15.4. The fourth-order valence-corrected chi connectivity index (χ4v) is 3.90. The third-order valence-electron chi connectivity index (χ3n) is 5.55. The van der Waals surface area contributed by atoms with Crippen LogP contribution in [-0.2, 0) is 17.6 Å². The fourth-order valence-electron chi connectivity index (χ4n) is 3.70. The van der Waals surface area contributed by atoms with Gasteiger partial charge in [-0.25, -0.2) is 0 Å². The first-order chi connectivity index (χ1) is 13.0. The van der Waals surface area contributed by atoms with E-state index in [4.69, 9.17) is 16.3 Å². The van der Waals surface area contributed by atoms with Crippen molar-refractivity contribution < 1.29 is 14.6 Å². The molecule has 2 aromatic rings. The molecule has 3 rings (SSSR count). The second kappa shape index (κ2) is 8.77. The molecule has 0 radical (unpaired) electrons. The number of rotatable bonds is 6. The number of amides is 1. The SMILES string of the molecule is COc1ccc(CC(=O)N2CCC(CO)(Cc3ccccc3Cl)CC2)cc1. The molecule has 0 aliphatic carbocycles. The van der Waals surface area contributed by atoms with E-state index < -0.39 is 0 Å². The van der Waals surface area contributed by atoms with Gasteiger partial charge >= 0.3 is 0 Å². The third kappa shape index (κ3) is 4.82. The van der Waals surface area contributed by atoms with Crippen molar-refractivity contribution >= 4 is 17.5 Å². The van der Waals surface area contributed by atoms with Crippen molar-refractivity contribution in [2.75, 3.05) is 26.8 Å². The first-order valence-corrected chi connectivity index (χ1v) is 9.68. The summed E-state index contributed by atoms with van der Waals surface area (Å²) in [5.41, 5.74) is 1.84. The third-order valence-corrected chi connectivity index (χ3v) is 5.92. The molecule has 5 heteroatoms. The minimum Gasteiger partial charge on any atom is -0.497 e. The number of ether oxygens (including phenoxy) is 1. The van der Waals surface area contributed by atoms with Crippen molar-refractivity contribution in [1.29, 1.82) is 0 Å². The van der Waals surface area contributed by atoms with Crippen molar-refractivity contribution in [2.24, 2.45) is 5.41 Å². The van der Waals surface area contributed by atoms with Gasteiger partial charge in [0.05, 0.1) is 13.5 Å². The lowest BCUT2D eigenvalue weighted by molar-refractivity contribution is -0.133. The number of halogens is 1. The van der Waals surface area contributed by atoms with E-state index in [2.05, 4.69) is 0 Å². The van der Waals surface area contributed by atoms with Gasteiger partial charge in [0.2, 0.25) is 5.91 Å². The molecule has 1 heterocycles. The molecule has 0 unspecified atom stereocenters. The van der Waals surface area contributed by atoms with E-state index in [1.165, 1.54) is 0 Å². The number of hydrogen-bond acceptors (Lipinski definition) is 3. The number of methoxy groups -OCH3 is 1. The van der Waals surface area contributed by atoms with Crippen LogP contribution in [0.15, 0.2) is 48.5 Å². The highest BCUT2D eigenvalue weighted by Gasteiger charge is 2.36. The summed E-state index contributed by atoms with van der Waals surface area (Å²) in [5, 5.41) is 10.8. The summed E-state index contributed by atoms with van der Waals surface area (Å²) in [7, 11) is 1.63. The smallest absolute Gasteiger partial charge is 0.226 e. The number of aliphatic hydroxyl groups excluding tert-OH is 1. The number of carbonyl (C=O) groups is 1. The summed E-state index contributed by atoms with van der Waals surface area (Å²) >= 11 is 6.30. The van der Waals surface area contributed by atoms with Gasteiger partial charge in [-0.3, -0.25) is 4.79 Å².